The van der Waals surface area contributed by atoms with Crippen LogP contribution < -0.4 is 5.73 Å². The lowest BCUT2D eigenvalue weighted by atomic mass is 9.83. The number of esters is 5. The molecule has 11 aliphatic rings. The number of carboxylic acids is 1. The number of piperidine rings is 4. The van der Waals surface area contributed by atoms with Crippen molar-refractivity contribution in [3.63, 3.8) is 0 Å². The number of aliphatic carboxylic acids is 1. The van der Waals surface area contributed by atoms with Crippen LogP contribution in [0.2, 0.25) is 0 Å². The smallest absolute Gasteiger partial charge is 0.410 e. The molecule has 5 aliphatic carbocycles. The van der Waals surface area contributed by atoms with Crippen molar-refractivity contribution < 1.29 is 96.4 Å². The lowest BCUT2D eigenvalue weighted by Crippen LogP contribution is -2.54. The van der Waals surface area contributed by atoms with Gasteiger partial charge in [0.05, 0.1) is 47.7 Å². The van der Waals surface area contributed by atoms with E-state index in [9.17, 15) is 58.2 Å². The maximum absolute atomic E-state index is 12.7. The van der Waals surface area contributed by atoms with Crippen molar-refractivity contribution in [3.05, 3.63) is 204 Å². The van der Waals surface area contributed by atoms with Gasteiger partial charge in [0, 0.05) is 55.1 Å². The number of hydrogen-bond donors (Lipinski definition) is 4. The van der Waals surface area contributed by atoms with Gasteiger partial charge in [0.1, 0.15) is 56.8 Å². The van der Waals surface area contributed by atoms with Crippen LogP contribution in [-0.2, 0) is 105 Å². The summed E-state index contributed by atoms with van der Waals surface area (Å²) < 4.78 is 37.6. The van der Waals surface area contributed by atoms with Gasteiger partial charge in [0.25, 0.3) is 0 Å². The van der Waals surface area contributed by atoms with Crippen molar-refractivity contribution in [1.29, 1.82) is 0 Å². The summed E-state index contributed by atoms with van der Waals surface area (Å²) in [5.41, 5.74) is 10.0. The van der Waals surface area contributed by atoms with Gasteiger partial charge in [-0.15, -0.1) is 0 Å². The van der Waals surface area contributed by atoms with Gasteiger partial charge in [-0.2, -0.15) is 0 Å². The first kappa shape index (κ1) is 100. The molecule has 5 unspecified atom stereocenters. The highest BCUT2D eigenvalue weighted by atomic mass is 16.6. The summed E-state index contributed by atoms with van der Waals surface area (Å²) in [6.45, 7) is 17.1. The Morgan fingerprint density at radius 3 is 0.977 bits per heavy atom. The van der Waals surface area contributed by atoms with Crippen LogP contribution in [0.3, 0.4) is 0 Å². The molecule has 2 amide bonds. The largest absolute Gasteiger partial charge is 0.481 e. The van der Waals surface area contributed by atoms with Crippen molar-refractivity contribution in [2.24, 2.45) is 53.1 Å². The van der Waals surface area contributed by atoms with Crippen LogP contribution in [0.4, 0.5) is 9.59 Å². The molecular formula is C103H139N5O20. The van der Waals surface area contributed by atoms with Crippen LogP contribution in [0.1, 0.15) is 230 Å². The predicted molar refractivity (Wildman–Crippen MR) is 485 cm³/mol. The second kappa shape index (κ2) is 50.9. The number of carboxylic acid groups (broad SMARTS) is 1. The number of benzene rings is 5. The second-order valence-corrected chi connectivity index (χ2v) is 38.1. The average Bonchev–Trinajstić information content (AvgIpc) is 1.62. The number of amides is 2. The molecule has 0 aromatic heterocycles. The zero-order valence-electron chi connectivity index (χ0n) is 75.9. The van der Waals surface area contributed by atoms with Gasteiger partial charge in [0.2, 0.25) is 0 Å². The van der Waals surface area contributed by atoms with E-state index < -0.39 is 41.3 Å². The third-order valence-electron chi connectivity index (χ3n) is 26.0. The molecule has 25 nitrogen and oxygen atoms in total. The number of carbonyl (C=O) groups is 10. The van der Waals surface area contributed by atoms with E-state index in [0.29, 0.717) is 50.5 Å². The van der Waals surface area contributed by atoms with Crippen molar-refractivity contribution in [1.82, 2.24) is 19.6 Å². The van der Waals surface area contributed by atoms with Gasteiger partial charge in [-0.1, -0.05) is 189 Å². The molecular weight excluding hydrogens is 1630 g/mol. The summed E-state index contributed by atoms with van der Waals surface area (Å²) in [6.07, 6.45) is 30.0. The van der Waals surface area contributed by atoms with Gasteiger partial charge in [-0.05, 0) is 242 Å². The maximum Gasteiger partial charge on any atom is 0.410 e. The molecule has 0 radical (unpaired) electrons. The first-order valence-electron chi connectivity index (χ1n) is 46.6. The molecule has 11 atom stereocenters. The lowest BCUT2D eigenvalue weighted by molar-refractivity contribution is -0.152. The summed E-state index contributed by atoms with van der Waals surface area (Å²) in [4.78, 5) is 124. The van der Waals surface area contributed by atoms with E-state index in [4.69, 9.17) is 44.0 Å². The molecule has 9 fully saturated rings. The second-order valence-electron chi connectivity index (χ2n) is 38.1. The topological polar surface area (TPSA) is 335 Å². The normalized spacial score (nSPS) is 24.7. The number of allylic oxidation sites excluding steroid dienone is 4. The van der Waals surface area contributed by atoms with Crippen molar-refractivity contribution in [3.8, 4) is 0 Å². The number of nitrogens with two attached hydrogens (primary N) is 1. The Hall–Kier alpha value is -9.92. The van der Waals surface area contributed by atoms with E-state index in [1.807, 2.05) is 227 Å². The van der Waals surface area contributed by atoms with Crippen molar-refractivity contribution in [2.75, 3.05) is 26.2 Å². The highest BCUT2D eigenvalue weighted by molar-refractivity contribution is 5.79. The zero-order chi connectivity index (χ0) is 91.5. The van der Waals surface area contributed by atoms with Gasteiger partial charge in [-0.25, -0.2) is 9.59 Å². The first-order chi connectivity index (χ1) is 61.5. The summed E-state index contributed by atoms with van der Waals surface area (Å²) >= 11 is 0. The molecule has 0 spiro atoms. The Bertz CT molecular complexity index is 4240. The standard InChI is InChI=1S/C25H36N2O4.C21H29NO2.C13H16O4.C13H14O4.C13H14O2.C12H22N2O2.C6H8O2/c1-25(2,3)31-24(29)27-20-9-10-21(27)16-22(15-20)26-13-11-19(12-14-26)23(28)30-17-18-7-5-4-6-8-18;23-21(24-15-16-4-2-1-3-5-16)19-8-10-22(11-9-19)20-13-17-6-7-18(12-17)14-20;14-11-6-10(7-12(11)15)13(16)17-8-9-4-2-1-3-5-9;14-8-6-12(7-9-15)13(16)17-10-11-4-2-1-3-5-11;14-13(12-8-4-5-9-12)15-10-11-6-2-1-3-7-11;1-12(2,3)16-11(15)14-9-4-5-10(14)7-8(13)6-9;7-6(8)5-3-1-2-4-5/h4-8,19-22H,9-17H2,1-3H3;1-5,17-20H,6-15H2;1-5,10-12,14-15H,6-8H2;1-5,8-9,12H,6-7,10H2;1-7,12H,8-10H2;8-10H,4-7,13H2,1-3H3;1-2,5H,3-4H2,(H,7,8)/t20-,21+,22?;17-,18+,20?;;;;8?,9-,10+;. The molecule has 5 N–H and O–H groups in total. The fraction of sp³-hybridized carbons (Fsp3) is 0.573. The van der Waals surface area contributed by atoms with Crippen LogP contribution in [0.25, 0.3) is 0 Å². The number of nitrogens with zero attached hydrogens (tertiary/aromatic N) is 4. The van der Waals surface area contributed by atoms with Gasteiger partial charge in [-0.3, -0.25) is 28.8 Å². The predicted octanol–water partition coefficient (Wildman–Crippen LogP) is 16.4. The molecule has 696 valence electrons. The van der Waals surface area contributed by atoms with E-state index in [-0.39, 0.29) is 123 Å². The first-order valence-corrected chi connectivity index (χ1v) is 46.6. The molecule has 6 saturated heterocycles. The molecule has 16 rings (SSSR count). The number of fused-ring (bicyclic) bond motifs is 6. The summed E-state index contributed by atoms with van der Waals surface area (Å²) in [5.74, 6) is -0.712. The number of rotatable bonds is 22. The average molecular weight is 1770 g/mol. The number of likely N-dealkylation sites (tertiary alicyclic amines) is 2. The number of aliphatic hydroxyl groups excluding tert-OH is 2. The minimum Gasteiger partial charge on any atom is -0.481 e. The fourth-order valence-electron chi connectivity index (χ4n) is 19.2. The number of aldehydes is 2. The minimum atomic E-state index is -0.802. The Kier molecular flexibility index (Phi) is 39.8. The quantitative estimate of drug-likeness (QED) is 0.0216. The molecule has 3 saturated carbocycles. The number of aliphatic hydroxyl groups is 2. The molecule has 6 heterocycles. The van der Waals surface area contributed by atoms with E-state index in [1.165, 1.54) is 32.1 Å². The van der Waals surface area contributed by atoms with Gasteiger partial charge in [0.15, 0.2) is 0 Å². The molecule has 5 aromatic carbocycles. The summed E-state index contributed by atoms with van der Waals surface area (Å²) in [5, 5.41) is 27.1. The molecule has 6 bridgehead atoms. The van der Waals surface area contributed by atoms with E-state index in [2.05, 4.69) is 9.80 Å². The van der Waals surface area contributed by atoms with Crippen molar-refractivity contribution in [2.45, 2.75) is 301 Å². The minimum absolute atomic E-state index is 0.00135. The summed E-state index contributed by atoms with van der Waals surface area (Å²) in [7, 11) is 0. The van der Waals surface area contributed by atoms with E-state index >= 15 is 0 Å². The molecule has 6 aliphatic heterocycles. The van der Waals surface area contributed by atoms with Gasteiger partial charge < -0.3 is 83.4 Å². The van der Waals surface area contributed by atoms with Crippen LogP contribution in [-0.4, -0.2) is 187 Å². The van der Waals surface area contributed by atoms with Crippen LogP contribution in [0.5, 0.6) is 0 Å². The highest BCUT2D eigenvalue weighted by Crippen LogP contribution is 2.45. The number of ether oxygens (including phenoxy) is 7. The third-order valence-corrected chi connectivity index (χ3v) is 26.0. The monoisotopic (exact) mass is 1770 g/mol. The Morgan fingerprint density at radius 2 is 0.664 bits per heavy atom. The molecule has 5 aromatic rings. The van der Waals surface area contributed by atoms with Crippen molar-refractivity contribution >= 4 is 60.6 Å². The summed E-state index contributed by atoms with van der Waals surface area (Å²) in [6, 6.07) is 51.0. The fourth-order valence-corrected chi connectivity index (χ4v) is 19.2. The Morgan fingerprint density at radius 1 is 0.367 bits per heavy atom. The molecule has 25 heteroatoms. The van der Waals surface area contributed by atoms with Gasteiger partial charge >= 0.3 is 48.0 Å². The Labute approximate surface area is 756 Å². The molecule has 128 heavy (non-hydrogen) atoms. The van der Waals surface area contributed by atoms with Crippen LogP contribution >= 0.6 is 0 Å². The third kappa shape index (κ3) is 32.9. The highest BCUT2D eigenvalue weighted by Gasteiger charge is 2.48. The zero-order valence-corrected chi connectivity index (χ0v) is 75.9. The SMILES string of the molecule is CC(C)(C)OC(=O)N1[C@@H]2CC[C@H]1CC(N)C2.CC(C)(C)OC(=O)N1[C@@H]2CC[C@H]1CC(N1CCC(C(=O)OCc3ccccc3)CC1)C2.O=C(O)C1CC=CC1.O=C(OCc1ccccc1)C1CC(O)C(O)C1.O=C(OCc1ccccc1)C1CC=CC1.O=C(OCc1ccccc1)C1CCN(C2C[C@H]3CC[C@@H](C2)C3)CC1.O=CCC(CC=O)C(=O)OCc1ccccc1. The number of hydrogen-bond acceptors (Lipinski definition) is 22. The van der Waals surface area contributed by atoms with Crippen LogP contribution in [0, 0.1) is 47.3 Å². The van der Waals surface area contributed by atoms with E-state index in [1.54, 1.807) is 0 Å². The lowest BCUT2D eigenvalue weighted by Gasteiger charge is -2.45. The number of carbonyl (C=O) groups excluding carboxylic acids is 9. The maximum atomic E-state index is 12.7. The Balaban J connectivity index is 0.000000160. The van der Waals surface area contributed by atoms with E-state index in [0.717, 1.165) is 175 Å². The van der Waals surface area contributed by atoms with Crippen LogP contribution in [0.15, 0.2) is 176 Å².